The van der Waals surface area contributed by atoms with Crippen LogP contribution in [0.5, 0.6) is 0 Å². The van der Waals surface area contributed by atoms with E-state index < -0.39 is 10.0 Å². The number of aromatic nitrogens is 1. The predicted molar refractivity (Wildman–Crippen MR) is 79.1 cm³/mol. The number of nitrogens with zero attached hydrogens (tertiary/aromatic N) is 2. The molecule has 0 atom stereocenters. The summed E-state index contributed by atoms with van der Waals surface area (Å²) in [5, 5.41) is 3.20. The molecule has 0 aliphatic rings. The van der Waals surface area contributed by atoms with E-state index in [-0.39, 0.29) is 0 Å². The Balaban J connectivity index is 2.81. The highest BCUT2D eigenvalue weighted by Gasteiger charge is 2.22. The second-order valence-electron chi connectivity index (χ2n) is 4.73. The molecular formula is C13H25N3O3S. The lowest BCUT2D eigenvalue weighted by atomic mass is 10.4. The Morgan fingerprint density at radius 1 is 1.45 bits per heavy atom. The van der Waals surface area contributed by atoms with E-state index in [0.29, 0.717) is 31.0 Å². The SMILES string of the molecule is CCNCc1cc(S(=O)(=O)N(C)CCCOC)cn1C. The van der Waals surface area contributed by atoms with Gasteiger partial charge in [0.1, 0.15) is 4.90 Å². The molecule has 0 saturated heterocycles. The highest BCUT2D eigenvalue weighted by molar-refractivity contribution is 7.89. The molecule has 116 valence electrons. The predicted octanol–water partition coefficient (Wildman–Crippen LogP) is 0.792. The zero-order chi connectivity index (χ0) is 15.2. The molecule has 0 radical (unpaired) electrons. The van der Waals surface area contributed by atoms with Gasteiger partial charge in [-0.05, 0) is 19.0 Å². The molecule has 0 aliphatic heterocycles. The second kappa shape index (κ2) is 7.78. The van der Waals surface area contributed by atoms with E-state index in [1.54, 1.807) is 26.4 Å². The standard InChI is InChI=1S/C13H25N3O3S/c1-5-14-10-12-9-13(11-15(12)2)20(17,18)16(3)7-6-8-19-4/h9,11,14H,5-8,10H2,1-4H3. The average molecular weight is 303 g/mol. The van der Waals surface area contributed by atoms with E-state index in [2.05, 4.69) is 5.32 Å². The first-order chi connectivity index (χ1) is 9.43. The van der Waals surface area contributed by atoms with E-state index in [1.165, 1.54) is 4.31 Å². The third kappa shape index (κ3) is 4.31. The van der Waals surface area contributed by atoms with Crippen LogP contribution in [0.3, 0.4) is 0 Å². The summed E-state index contributed by atoms with van der Waals surface area (Å²) in [4.78, 5) is 0.341. The smallest absolute Gasteiger partial charge is 0.244 e. The molecule has 1 aromatic rings. The van der Waals surface area contributed by atoms with Crippen molar-refractivity contribution in [1.82, 2.24) is 14.2 Å². The van der Waals surface area contributed by atoms with Crippen molar-refractivity contribution in [2.75, 3.05) is 33.9 Å². The summed E-state index contributed by atoms with van der Waals surface area (Å²) in [6.45, 7) is 4.54. The number of aryl methyl sites for hydroxylation is 1. The number of sulfonamides is 1. The van der Waals surface area contributed by atoms with Crippen LogP contribution >= 0.6 is 0 Å². The van der Waals surface area contributed by atoms with Crippen molar-refractivity contribution in [3.8, 4) is 0 Å². The van der Waals surface area contributed by atoms with Crippen LogP contribution < -0.4 is 5.32 Å². The molecule has 0 aliphatic carbocycles. The first kappa shape index (κ1) is 17.2. The van der Waals surface area contributed by atoms with Crippen LogP contribution in [-0.4, -0.2) is 51.1 Å². The lowest BCUT2D eigenvalue weighted by molar-refractivity contribution is 0.189. The molecule has 1 rings (SSSR count). The zero-order valence-corrected chi connectivity index (χ0v) is 13.5. The number of hydrogen-bond donors (Lipinski definition) is 1. The highest BCUT2D eigenvalue weighted by Crippen LogP contribution is 2.17. The largest absolute Gasteiger partial charge is 0.385 e. The van der Waals surface area contributed by atoms with Gasteiger partial charge in [0.25, 0.3) is 0 Å². The summed E-state index contributed by atoms with van der Waals surface area (Å²) in [5.74, 6) is 0. The summed E-state index contributed by atoms with van der Waals surface area (Å²) in [7, 11) is 1.65. The van der Waals surface area contributed by atoms with Crippen molar-refractivity contribution < 1.29 is 13.2 Å². The Bertz CT molecular complexity index is 511. The van der Waals surface area contributed by atoms with Gasteiger partial charge in [-0.1, -0.05) is 6.92 Å². The minimum Gasteiger partial charge on any atom is -0.385 e. The van der Waals surface area contributed by atoms with Crippen LogP contribution in [0.2, 0.25) is 0 Å². The number of ether oxygens (including phenoxy) is 1. The fourth-order valence-electron chi connectivity index (χ4n) is 1.88. The highest BCUT2D eigenvalue weighted by atomic mass is 32.2. The van der Waals surface area contributed by atoms with Crippen LogP contribution in [0.15, 0.2) is 17.2 Å². The van der Waals surface area contributed by atoms with Gasteiger partial charge in [-0.3, -0.25) is 0 Å². The molecule has 0 aromatic carbocycles. The molecule has 0 amide bonds. The number of nitrogens with one attached hydrogen (secondary N) is 1. The van der Waals surface area contributed by atoms with Crippen LogP contribution in [0.1, 0.15) is 19.0 Å². The fraction of sp³-hybridized carbons (Fsp3) is 0.692. The molecule has 0 spiro atoms. The summed E-state index contributed by atoms with van der Waals surface area (Å²) in [6, 6.07) is 1.73. The average Bonchev–Trinajstić information content (AvgIpc) is 2.78. The minimum atomic E-state index is -3.42. The monoisotopic (exact) mass is 303 g/mol. The first-order valence-corrected chi connectivity index (χ1v) is 8.18. The van der Waals surface area contributed by atoms with Gasteiger partial charge in [0.2, 0.25) is 10.0 Å². The number of hydrogen-bond acceptors (Lipinski definition) is 4. The van der Waals surface area contributed by atoms with Crippen molar-refractivity contribution in [2.24, 2.45) is 7.05 Å². The van der Waals surface area contributed by atoms with E-state index in [4.69, 9.17) is 4.74 Å². The Morgan fingerprint density at radius 2 is 2.15 bits per heavy atom. The van der Waals surface area contributed by atoms with Gasteiger partial charge < -0.3 is 14.6 Å². The first-order valence-electron chi connectivity index (χ1n) is 6.74. The van der Waals surface area contributed by atoms with Gasteiger partial charge in [0, 0.05) is 52.8 Å². The summed E-state index contributed by atoms with van der Waals surface area (Å²) < 4.78 is 33.0. The Kier molecular flexibility index (Phi) is 6.67. The Morgan fingerprint density at radius 3 is 2.75 bits per heavy atom. The topological polar surface area (TPSA) is 63.6 Å². The van der Waals surface area contributed by atoms with E-state index in [9.17, 15) is 8.42 Å². The van der Waals surface area contributed by atoms with Crippen LogP contribution in [0.4, 0.5) is 0 Å². The molecule has 20 heavy (non-hydrogen) atoms. The summed E-state index contributed by atoms with van der Waals surface area (Å²) in [6.07, 6.45) is 2.35. The van der Waals surface area contributed by atoms with Crippen molar-refractivity contribution in [1.29, 1.82) is 0 Å². The van der Waals surface area contributed by atoms with Crippen molar-refractivity contribution in [3.05, 3.63) is 18.0 Å². The maximum atomic E-state index is 12.4. The van der Waals surface area contributed by atoms with E-state index >= 15 is 0 Å². The van der Waals surface area contributed by atoms with Gasteiger partial charge in [0.05, 0.1) is 0 Å². The molecule has 1 aromatic heterocycles. The minimum absolute atomic E-state index is 0.341. The van der Waals surface area contributed by atoms with Gasteiger partial charge >= 0.3 is 0 Å². The van der Waals surface area contributed by atoms with Crippen LogP contribution in [0.25, 0.3) is 0 Å². The molecule has 0 bridgehead atoms. The van der Waals surface area contributed by atoms with E-state index in [1.807, 2.05) is 18.5 Å². The molecular weight excluding hydrogens is 278 g/mol. The summed E-state index contributed by atoms with van der Waals surface area (Å²) in [5.41, 5.74) is 0.954. The van der Waals surface area contributed by atoms with Gasteiger partial charge in [-0.15, -0.1) is 0 Å². The molecule has 1 N–H and O–H groups in total. The normalized spacial score (nSPS) is 12.2. The molecule has 0 saturated carbocycles. The number of rotatable bonds is 9. The quantitative estimate of drug-likeness (QED) is 0.685. The molecule has 0 fully saturated rings. The number of methoxy groups -OCH3 is 1. The Labute approximate surface area is 121 Å². The third-order valence-corrected chi connectivity index (χ3v) is 4.99. The fourth-order valence-corrected chi connectivity index (χ4v) is 3.18. The maximum Gasteiger partial charge on any atom is 0.244 e. The Hall–Kier alpha value is -0.890. The van der Waals surface area contributed by atoms with Crippen molar-refractivity contribution in [3.63, 3.8) is 0 Å². The molecule has 6 nitrogen and oxygen atoms in total. The third-order valence-electron chi connectivity index (χ3n) is 3.17. The molecule has 7 heteroatoms. The van der Waals surface area contributed by atoms with Gasteiger partial charge in [-0.2, -0.15) is 0 Å². The van der Waals surface area contributed by atoms with Crippen LogP contribution in [-0.2, 0) is 28.4 Å². The van der Waals surface area contributed by atoms with Crippen LogP contribution in [0, 0.1) is 0 Å². The van der Waals surface area contributed by atoms with Crippen molar-refractivity contribution >= 4 is 10.0 Å². The lowest BCUT2D eigenvalue weighted by Gasteiger charge is -2.15. The lowest BCUT2D eigenvalue weighted by Crippen LogP contribution is -2.28. The van der Waals surface area contributed by atoms with Crippen molar-refractivity contribution in [2.45, 2.75) is 24.8 Å². The zero-order valence-electron chi connectivity index (χ0n) is 12.7. The molecule has 1 heterocycles. The molecule has 0 unspecified atom stereocenters. The summed E-state index contributed by atoms with van der Waals surface area (Å²) >= 11 is 0. The maximum absolute atomic E-state index is 12.4. The van der Waals surface area contributed by atoms with Gasteiger partial charge in [-0.25, -0.2) is 12.7 Å². The second-order valence-corrected chi connectivity index (χ2v) is 6.78. The van der Waals surface area contributed by atoms with E-state index in [0.717, 1.165) is 12.2 Å². The van der Waals surface area contributed by atoms with Gasteiger partial charge in [0.15, 0.2) is 0 Å².